The standard InChI is InChI=1S/C9H15N4O3/c10-2-1-9(15)13(16)8(5-14)3-7-4-11-6-12-7/h4,6,8,14H,1-3,5,10H2,(H,11,12)/q-1. The van der Waals surface area contributed by atoms with Crippen LogP contribution in [-0.2, 0) is 11.2 Å². The number of nitrogens with zero attached hydrogens (tertiary/aromatic N) is 2. The topological polar surface area (TPSA) is 118 Å². The number of carbonyl (C=O) groups is 1. The van der Waals surface area contributed by atoms with Crippen LogP contribution >= 0.6 is 0 Å². The Morgan fingerprint density at radius 2 is 2.50 bits per heavy atom. The molecule has 7 heteroatoms. The Hall–Kier alpha value is -1.44. The zero-order valence-electron chi connectivity index (χ0n) is 8.80. The van der Waals surface area contributed by atoms with Gasteiger partial charge in [-0.05, 0) is 0 Å². The minimum Gasteiger partial charge on any atom is -0.756 e. The lowest BCUT2D eigenvalue weighted by molar-refractivity contribution is -0.131. The van der Waals surface area contributed by atoms with Crippen molar-refractivity contribution in [1.29, 1.82) is 0 Å². The molecule has 0 saturated carbocycles. The molecule has 0 radical (unpaired) electrons. The van der Waals surface area contributed by atoms with Crippen molar-refractivity contribution in [2.45, 2.75) is 18.9 Å². The van der Waals surface area contributed by atoms with Crippen LogP contribution in [0.5, 0.6) is 0 Å². The molecule has 0 aliphatic carbocycles. The third-order valence-corrected chi connectivity index (χ3v) is 2.16. The van der Waals surface area contributed by atoms with Gasteiger partial charge in [-0.3, -0.25) is 4.79 Å². The second kappa shape index (κ2) is 6.21. The smallest absolute Gasteiger partial charge is 0.213 e. The summed E-state index contributed by atoms with van der Waals surface area (Å²) in [5.74, 6) is -0.610. The first-order chi connectivity index (χ1) is 7.69. The van der Waals surface area contributed by atoms with Crippen molar-refractivity contribution in [3.8, 4) is 0 Å². The molecule has 1 aromatic heterocycles. The zero-order chi connectivity index (χ0) is 12.0. The molecule has 1 amide bonds. The highest BCUT2D eigenvalue weighted by Crippen LogP contribution is 2.06. The Labute approximate surface area is 92.9 Å². The number of hydroxylamine groups is 2. The van der Waals surface area contributed by atoms with Crippen LogP contribution < -0.4 is 5.73 Å². The van der Waals surface area contributed by atoms with Crippen molar-refractivity contribution < 1.29 is 9.90 Å². The molecule has 0 saturated heterocycles. The summed E-state index contributed by atoms with van der Waals surface area (Å²) < 4.78 is 0. The predicted molar refractivity (Wildman–Crippen MR) is 57.0 cm³/mol. The van der Waals surface area contributed by atoms with Crippen molar-refractivity contribution in [2.75, 3.05) is 13.2 Å². The maximum absolute atomic E-state index is 11.5. The number of aliphatic hydroxyl groups excluding tert-OH is 1. The van der Waals surface area contributed by atoms with E-state index in [4.69, 9.17) is 10.8 Å². The van der Waals surface area contributed by atoms with Crippen molar-refractivity contribution in [2.24, 2.45) is 5.73 Å². The molecule has 0 aliphatic heterocycles. The van der Waals surface area contributed by atoms with Gasteiger partial charge in [0.1, 0.15) is 0 Å². The molecule has 0 bridgehead atoms. The van der Waals surface area contributed by atoms with Gasteiger partial charge in [0.25, 0.3) is 0 Å². The van der Waals surface area contributed by atoms with E-state index in [-0.39, 0.29) is 24.4 Å². The van der Waals surface area contributed by atoms with Crippen LogP contribution in [0.4, 0.5) is 0 Å². The first-order valence-corrected chi connectivity index (χ1v) is 4.96. The van der Waals surface area contributed by atoms with Gasteiger partial charge in [-0.15, -0.1) is 0 Å². The summed E-state index contributed by atoms with van der Waals surface area (Å²) in [5, 5.41) is 20.8. The normalized spacial score (nSPS) is 12.4. The number of aromatic nitrogens is 2. The molecule has 4 N–H and O–H groups in total. The van der Waals surface area contributed by atoms with Gasteiger partial charge in [-0.2, -0.15) is 0 Å². The molecule has 1 rings (SSSR count). The lowest BCUT2D eigenvalue weighted by atomic mass is 10.1. The number of nitrogens with two attached hydrogens (primary N) is 1. The van der Waals surface area contributed by atoms with Gasteiger partial charge in [0, 0.05) is 37.3 Å². The van der Waals surface area contributed by atoms with E-state index in [9.17, 15) is 10.0 Å². The van der Waals surface area contributed by atoms with Gasteiger partial charge in [0.2, 0.25) is 5.91 Å². The molecule has 90 valence electrons. The minimum atomic E-state index is -0.792. The van der Waals surface area contributed by atoms with Gasteiger partial charge < -0.3 is 26.1 Å². The lowest BCUT2D eigenvalue weighted by Gasteiger charge is -2.35. The van der Waals surface area contributed by atoms with Gasteiger partial charge in [0.15, 0.2) is 0 Å². The third kappa shape index (κ3) is 3.30. The second-order valence-electron chi connectivity index (χ2n) is 3.38. The first kappa shape index (κ1) is 12.6. The van der Waals surface area contributed by atoms with E-state index in [1.54, 1.807) is 6.20 Å². The summed E-state index contributed by atoms with van der Waals surface area (Å²) >= 11 is 0. The maximum atomic E-state index is 11.5. The molecule has 0 aliphatic rings. The second-order valence-corrected chi connectivity index (χ2v) is 3.38. The number of nitrogens with one attached hydrogen (secondary N) is 1. The summed E-state index contributed by atoms with van der Waals surface area (Å²) in [6.45, 7) is -0.265. The quantitative estimate of drug-likeness (QED) is 0.538. The molecule has 0 fully saturated rings. The number of aliphatic hydroxyl groups is 1. The number of imidazole rings is 1. The molecule has 1 atom stereocenters. The summed E-state index contributed by atoms with van der Waals surface area (Å²) in [7, 11) is 0. The van der Waals surface area contributed by atoms with E-state index in [1.165, 1.54) is 6.33 Å². The Morgan fingerprint density at radius 3 is 3.00 bits per heavy atom. The number of hydrogen-bond donors (Lipinski definition) is 3. The van der Waals surface area contributed by atoms with Crippen LogP contribution in [0.3, 0.4) is 0 Å². The van der Waals surface area contributed by atoms with E-state index in [1.807, 2.05) is 0 Å². The average molecular weight is 227 g/mol. The molecule has 1 unspecified atom stereocenters. The Kier molecular flexibility index (Phi) is 4.90. The van der Waals surface area contributed by atoms with Crippen LogP contribution in [0, 0.1) is 5.21 Å². The van der Waals surface area contributed by atoms with Gasteiger partial charge in [0.05, 0.1) is 12.9 Å². The lowest BCUT2D eigenvalue weighted by Crippen LogP contribution is -2.40. The Balaban J connectivity index is 2.56. The SMILES string of the molecule is NCCC(=O)N([O-])C(CO)Cc1cnc[nH]1. The molecule has 7 nitrogen and oxygen atoms in total. The zero-order valence-corrected chi connectivity index (χ0v) is 8.80. The Morgan fingerprint density at radius 1 is 1.75 bits per heavy atom. The fourth-order valence-electron chi connectivity index (χ4n) is 1.31. The number of aromatic amines is 1. The first-order valence-electron chi connectivity index (χ1n) is 4.96. The van der Waals surface area contributed by atoms with Crippen LogP contribution in [0.2, 0.25) is 0 Å². The molecular formula is C9H15N4O3-. The van der Waals surface area contributed by atoms with E-state index < -0.39 is 18.6 Å². The van der Waals surface area contributed by atoms with Crippen LogP contribution in [0.25, 0.3) is 0 Å². The fraction of sp³-hybridized carbons (Fsp3) is 0.556. The average Bonchev–Trinajstić information content (AvgIpc) is 2.78. The van der Waals surface area contributed by atoms with Gasteiger partial charge in [-0.1, -0.05) is 0 Å². The Bertz CT molecular complexity index is 315. The third-order valence-electron chi connectivity index (χ3n) is 2.16. The van der Waals surface area contributed by atoms with Crippen molar-refractivity contribution in [3.63, 3.8) is 0 Å². The molecule has 0 aromatic carbocycles. The summed E-state index contributed by atoms with van der Waals surface area (Å²) in [6, 6.07) is -0.792. The number of carbonyl (C=O) groups excluding carboxylic acids is 1. The van der Waals surface area contributed by atoms with Crippen LogP contribution in [0.1, 0.15) is 12.1 Å². The monoisotopic (exact) mass is 227 g/mol. The van der Waals surface area contributed by atoms with E-state index in [2.05, 4.69) is 9.97 Å². The molecular weight excluding hydrogens is 212 g/mol. The number of hydrogen-bond acceptors (Lipinski definition) is 5. The summed E-state index contributed by atoms with van der Waals surface area (Å²) in [4.78, 5) is 17.9. The van der Waals surface area contributed by atoms with E-state index >= 15 is 0 Å². The van der Waals surface area contributed by atoms with Crippen LogP contribution in [-0.4, -0.2) is 45.2 Å². The highest BCUT2D eigenvalue weighted by Gasteiger charge is 2.15. The molecule has 1 aromatic rings. The summed E-state index contributed by atoms with van der Waals surface area (Å²) in [5.41, 5.74) is 5.87. The van der Waals surface area contributed by atoms with E-state index in [0.717, 1.165) is 0 Å². The molecule has 1 heterocycles. The minimum absolute atomic E-state index is 0.0109. The van der Waals surface area contributed by atoms with Crippen molar-refractivity contribution in [1.82, 2.24) is 15.0 Å². The highest BCUT2D eigenvalue weighted by atomic mass is 16.5. The van der Waals surface area contributed by atoms with Gasteiger partial charge in [-0.25, -0.2) is 4.98 Å². The fourth-order valence-corrected chi connectivity index (χ4v) is 1.31. The number of amides is 1. The van der Waals surface area contributed by atoms with E-state index in [0.29, 0.717) is 5.69 Å². The van der Waals surface area contributed by atoms with Crippen LogP contribution in [0.15, 0.2) is 12.5 Å². The van der Waals surface area contributed by atoms with Gasteiger partial charge >= 0.3 is 0 Å². The molecule has 16 heavy (non-hydrogen) atoms. The molecule has 0 spiro atoms. The summed E-state index contributed by atoms with van der Waals surface area (Å²) in [6.07, 6.45) is 3.25. The van der Waals surface area contributed by atoms with Crippen molar-refractivity contribution >= 4 is 5.91 Å². The largest absolute Gasteiger partial charge is 0.756 e. The highest BCUT2D eigenvalue weighted by molar-refractivity contribution is 5.77. The predicted octanol–water partition coefficient (Wildman–Crippen LogP) is -1.01. The van der Waals surface area contributed by atoms with Crippen molar-refractivity contribution in [3.05, 3.63) is 23.4 Å². The maximum Gasteiger partial charge on any atom is 0.213 e. The number of H-pyrrole nitrogens is 1. The number of rotatable bonds is 6.